The summed E-state index contributed by atoms with van der Waals surface area (Å²) in [5.41, 5.74) is 17.7. The molecule has 0 saturated carbocycles. The van der Waals surface area contributed by atoms with E-state index in [2.05, 4.69) is 22.3 Å². The Hall–Kier alpha value is -2.93. The average molecular weight is 469 g/mol. The molecule has 3 rings (SSSR count). The predicted octanol–water partition coefficient (Wildman–Crippen LogP) is 4.63. The van der Waals surface area contributed by atoms with E-state index in [1.165, 1.54) is 5.69 Å². The van der Waals surface area contributed by atoms with E-state index in [-0.39, 0.29) is 5.97 Å². The van der Waals surface area contributed by atoms with E-state index >= 15 is 0 Å². The van der Waals surface area contributed by atoms with E-state index in [9.17, 15) is 4.79 Å². The van der Waals surface area contributed by atoms with Gasteiger partial charge in [0.2, 0.25) is 0 Å². The van der Waals surface area contributed by atoms with Gasteiger partial charge in [0.15, 0.2) is 0 Å². The minimum absolute atomic E-state index is 0.387. The Morgan fingerprint density at radius 2 is 1.85 bits per heavy atom. The maximum Gasteiger partial charge on any atom is 0.340 e. The van der Waals surface area contributed by atoms with Gasteiger partial charge in [0.1, 0.15) is 5.60 Å². The number of benzene rings is 2. The molecule has 1 heterocycles. The Balaban J connectivity index is 1.48. The molecular formula is C27H40N4O3. The monoisotopic (exact) mass is 468 g/mol. The van der Waals surface area contributed by atoms with Crippen molar-refractivity contribution in [2.24, 2.45) is 5.92 Å². The van der Waals surface area contributed by atoms with Crippen LogP contribution in [0.3, 0.4) is 0 Å². The number of aryl methyl sites for hydroxylation is 1. The van der Waals surface area contributed by atoms with Crippen LogP contribution < -0.4 is 21.7 Å². The summed E-state index contributed by atoms with van der Waals surface area (Å²) in [5.74, 6) is 0.155. The second kappa shape index (κ2) is 11.0. The fourth-order valence-electron chi connectivity index (χ4n) is 4.36. The van der Waals surface area contributed by atoms with Gasteiger partial charge >= 0.3 is 5.97 Å². The molecule has 0 bridgehead atoms. The molecule has 2 aromatic rings. The van der Waals surface area contributed by atoms with Crippen LogP contribution in [-0.4, -0.2) is 44.9 Å². The molecule has 7 nitrogen and oxygen atoms in total. The fourth-order valence-corrected chi connectivity index (χ4v) is 4.36. The zero-order chi connectivity index (χ0) is 24.9. The number of rotatable bonds is 8. The first kappa shape index (κ1) is 25.7. The van der Waals surface area contributed by atoms with Crippen LogP contribution in [0, 0.1) is 12.8 Å². The standard InChI is InChI=1S/C27H40N4O3/c1-18-6-8-22(26(32)34-27(2,3)4)25(29)21(18)12-15-33-17-19-10-13-31(14-11-19)20-7-9-23(28)24(16-20)30-5/h6-9,16,19,30H,10-15,17,28-29H2,1-5H3. The molecule has 0 atom stereocenters. The highest BCUT2D eigenvalue weighted by atomic mass is 16.6. The third-order valence-corrected chi connectivity index (χ3v) is 6.35. The highest BCUT2D eigenvalue weighted by Gasteiger charge is 2.22. The van der Waals surface area contributed by atoms with Crippen LogP contribution in [0.25, 0.3) is 0 Å². The van der Waals surface area contributed by atoms with Crippen molar-refractivity contribution in [1.82, 2.24) is 0 Å². The molecule has 0 amide bonds. The number of esters is 1. The van der Waals surface area contributed by atoms with Gasteiger partial charge in [-0.2, -0.15) is 0 Å². The molecule has 0 unspecified atom stereocenters. The molecule has 0 aromatic heterocycles. The van der Waals surface area contributed by atoms with Crippen molar-refractivity contribution >= 4 is 28.7 Å². The molecule has 0 aliphatic carbocycles. The number of nitrogens with two attached hydrogens (primary N) is 2. The first-order valence-electron chi connectivity index (χ1n) is 12.1. The zero-order valence-corrected chi connectivity index (χ0v) is 21.2. The highest BCUT2D eigenvalue weighted by molar-refractivity contribution is 5.96. The summed E-state index contributed by atoms with van der Waals surface area (Å²) in [6, 6.07) is 9.84. The van der Waals surface area contributed by atoms with Crippen LogP contribution in [0.4, 0.5) is 22.7 Å². The first-order valence-corrected chi connectivity index (χ1v) is 12.1. The van der Waals surface area contributed by atoms with Gasteiger partial charge in [0.25, 0.3) is 0 Å². The molecule has 186 valence electrons. The van der Waals surface area contributed by atoms with E-state index < -0.39 is 5.60 Å². The van der Waals surface area contributed by atoms with Gasteiger partial charge < -0.3 is 31.2 Å². The van der Waals surface area contributed by atoms with Gasteiger partial charge in [-0.1, -0.05) is 6.07 Å². The van der Waals surface area contributed by atoms with Crippen molar-refractivity contribution in [1.29, 1.82) is 0 Å². The van der Waals surface area contributed by atoms with E-state index in [1.807, 2.05) is 46.9 Å². The molecule has 34 heavy (non-hydrogen) atoms. The molecule has 1 saturated heterocycles. The third-order valence-electron chi connectivity index (χ3n) is 6.35. The Morgan fingerprint density at radius 1 is 1.15 bits per heavy atom. The van der Waals surface area contributed by atoms with E-state index in [0.717, 1.165) is 55.0 Å². The lowest BCUT2D eigenvalue weighted by Gasteiger charge is -2.34. The Morgan fingerprint density at radius 3 is 2.50 bits per heavy atom. The predicted molar refractivity (Wildman–Crippen MR) is 141 cm³/mol. The molecule has 2 aromatic carbocycles. The maximum atomic E-state index is 12.5. The summed E-state index contributed by atoms with van der Waals surface area (Å²) in [5, 5.41) is 3.15. The van der Waals surface area contributed by atoms with Crippen LogP contribution in [-0.2, 0) is 15.9 Å². The number of anilines is 4. The van der Waals surface area contributed by atoms with Gasteiger partial charge in [-0.15, -0.1) is 0 Å². The molecule has 1 fully saturated rings. The highest BCUT2D eigenvalue weighted by Crippen LogP contribution is 2.29. The van der Waals surface area contributed by atoms with Gasteiger partial charge in [-0.3, -0.25) is 0 Å². The van der Waals surface area contributed by atoms with Gasteiger partial charge in [0, 0.05) is 38.1 Å². The van der Waals surface area contributed by atoms with Crippen molar-refractivity contribution in [2.75, 3.05) is 55.0 Å². The Kier molecular flexibility index (Phi) is 8.31. The third kappa shape index (κ3) is 6.56. The lowest BCUT2D eigenvalue weighted by Crippen LogP contribution is -2.35. The summed E-state index contributed by atoms with van der Waals surface area (Å²) >= 11 is 0. The van der Waals surface area contributed by atoms with Crippen molar-refractivity contribution in [3.8, 4) is 0 Å². The SMILES string of the molecule is CNc1cc(N2CCC(COCCc3c(C)ccc(C(=O)OC(C)(C)C)c3N)CC2)ccc1N. The molecular weight excluding hydrogens is 428 g/mol. The van der Waals surface area contributed by atoms with Gasteiger partial charge in [0.05, 0.1) is 23.5 Å². The average Bonchev–Trinajstić information content (AvgIpc) is 2.78. The minimum Gasteiger partial charge on any atom is -0.456 e. The summed E-state index contributed by atoms with van der Waals surface area (Å²) < 4.78 is 11.5. The van der Waals surface area contributed by atoms with Gasteiger partial charge in [-0.25, -0.2) is 4.79 Å². The summed E-state index contributed by atoms with van der Waals surface area (Å²) in [6.45, 7) is 10.9. The fraction of sp³-hybridized carbons (Fsp3) is 0.519. The first-order chi connectivity index (χ1) is 16.1. The Labute approximate surface area is 203 Å². The Bertz CT molecular complexity index is 992. The van der Waals surface area contributed by atoms with Crippen LogP contribution >= 0.6 is 0 Å². The number of hydrogen-bond acceptors (Lipinski definition) is 7. The number of nitrogens with zero attached hydrogens (tertiary/aromatic N) is 1. The second-order valence-electron chi connectivity index (χ2n) is 10.1. The number of ether oxygens (including phenoxy) is 2. The molecule has 1 aliphatic heterocycles. The quantitative estimate of drug-likeness (QED) is 0.295. The number of nitrogens with one attached hydrogen (secondary N) is 1. The number of carbonyl (C=O) groups is 1. The van der Waals surface area contributed by atoms with Crippen molar-refractivity contribution in [2.45, 2.75) is 52.6 Å². The van der Waals surface area contributed by atoms with E-state index in [0.29, 0.717) is 30.2 Å². The van der Waals surface area contributed by atoms with Crippen LogP contribution in [0.2, 0.25) is 0 Å². The normalized spacial score (nSPS) is 14.8. The minimum atomic E-state index is -0.559. The van der Waals surface area contributed by atoms with E-state index in [1.54, 1.807) is 6.07 Å². The number of hydrogen-bond donors (Lipinski definition) is 3. The van der Waals surface area contributed by atoms with Crippen molar-refractivity contribution in [3.05, 3.63) is 47.0 Å². The second-order valence-corrected chi connectivity index (χ2v) is 10.1. The largest absolute Gasteiger partial charge is 0.456 e. The lowest BCUT2D eigenvalue weighted by molar-refractivity contribution is 0.00706. The van der Waals surface area contributed by atoms with E-state index in [4.69, 9.17) is 20.9 Å². The summed E-state index contributed by atoms with van der Waals surface area (Å²) in [4.78, 5) is 14.9. The number of carbonyl (C=O) groups excluding carboxylic acids is 1. The summed E-state index contributed by atoms with van der Waals surface area (Å²) in [6.07, 6.45) is 2.86. The van der Waals surface area contributed by atoms with Crippen LogP contribution in [0.15, 0.2) is 30.3 Å². The number of piperidine rings is 1. The maximum absolute atomic E-state index is 12.5. The van der Waals surface area contributed by atoms with Gasteiger partial charge in [-0.05, 0) is 88.3 Å². The smallest absolute Gasteiger partial charge is 0.340 e. The zero-order valence-electron chi connectivity index (χ0n) is 21.2. The molecule has 5 N–H and O–H groups in total. The van der Waals surface area contributed by atoms with Crippen molar-refractivity contribution in [3.63, 3.8) is 0 Å². The topological polar surface area (TPSA) is 103 Å². The van der Waals surface area contributed by atoms with Crippen LogP contribution in [0.1, 0.15) is 55.1 Å². The summed E-state index contributed by atoms with van der Waals surface area (Å²) in [7, 11) is 1.89. The molecule has 0 spiro atoms. The molecule has 1 aliphatic rings. The lowest BCUT2D eigenvalue weighted by atomic mass is 9.97. The molecule has 7 heteroatoms. The number of nitrogen functional groups attached to an aromatic ring is 2. The van der Waals surface area contributed by atoms with Crippen LogP contribution in [0.5, 0.6) is 0 Å². The molecule has 0 radical (unpaired) electrons. The van der Waals surface area contributed by atoms with Crippen molar-refractivity contribution < 1.29 is 14.3 Å².